The molecule has 1 heterocycles. The molecular formula is C28H39N5O5. The van der Waals surface area contributed by atoms with E-state index in [1.807, 2.05) is 52.0 Å². The van der Waals surface area contributed by atoms with Crippen LogP contribution in [0.3, 0.4) is 0 Å². The average molecular weight is 526 g/mol. The van der Waals surface area contributed by atoms with E-state index in [4.69, 9.17) is 14.2 Å². The van der Waals surface area contributed by atoms with Gasteiger partial charge < -0.3 is 24.4 Å². The van der Waals surface area contributed by atoms with Gasteiger partial charge in [-0.15, -0.1) is 5.10 Å². The van der Waals surface area contributed by atoms with E-state index in [0.29, 0.717) is 48.6 Å². The minimum atomic E-state index is -0.977. The minimum Gasteiger partial charge on any atom is -0.493 e. The highest BCUT2D eigenvalue weighted by Gasteiger charge is 2.36. The molecule has 0 saturated heterocycles. The van der Waals surface area contributed by atoms with Crippen LogP contribution in [0.4, 0.5) is 0 Å². The van der Waals surface area contributed by atoms with Crippen molar-refractivity contribution in [1.82, 2.24) is 25.2 Å². The first-order valence-electron chi connectivity index (χ1n) is 12.9. The van der Waals surface area contributed by atoms with Crippen LogP contribution in [0.1, 0.15) is 52.1 Å². The Labute approximate surface area is 224 Å². The molecule has 0 aliphatic carbocycles. The number of ether oxygens (including phenoxy) is 3. The van der Waals surface area contributed by atoms with E-state index in [1.165, 1.54) is 14.2 Å². The molecule has 0 aliphatic heterocycles. The van der Waals surface area contributed by atoms with Gasteiger partial charge in [-0.05, 0) is 51.8 Å². The number of nitrogens with zero attached hydrogens (tertiary/aromatic N) is 4. The second-order valence-electron chi connectivity index (χ2n) is 9.59. The molecule has 3 rings (SSSR count). The van der Waals surface area contributed by atoms with Crippen molar-refractivity contribution in [2.45, 2.75) is 58.7 Å². The predicted octanol–water partition coefficient (Wildman–Crippen LogP) is 3.75. The molecule has 1 unspecified atom stereocenters. The lowest BCUT2D eigenvalue weighted by molar-refractivity contribution is -0.142. The molecule has 2 aromatic carbocycles. The van der Waals surface area contributed by atoms with E-state index >= 15 is 0 Å². The van der Waals surface area contributed by atoms with Crippen molar-refractivity contribution < 1.29 is 23.8 Å². The summed E-state index contributed by atoms with van der Waals surface area (Å²) in [7, 11) is 3.06. The number of carbonyl (C=O) groups excluding carboxylic acids is 2. The Balaban J connectivity index is 2.08. The summed E-state index contributed by atoms with van der Waals surface area (Å²) in [4.78, 5) is 29.5. The molecule has 0 aliphatic rings. The molecule has 0 spiro atoms. The summed E-state index contributed by atoms with van der Waals surface area (Å²) in [5.41, 5.74) is 1.48. The van der Waals surface area contributed by atoms with Gasteiger partial charge in [0.2, 0.25) is 11.8 Å². The largest absolute Gasteiger partial charge is 0.493 e. The van der Waals surface area contributed by atoms with Gasteiger partial charge in [0.15, 0.2) is 11.5 Å². The molecule has 0 saturated carbocycles. The third kappa shape index (κ3) is 6.80. The van der Waals surface area contributed by atoms with Gasteiger partial charge in [0, 0.05) is 30.9 Å². The smallest absolute Gasteiger partial charge is 0.248 e. The average Bonchev–Trinajstić information content (AvgIpc) is 3.32. The summed E-state index contributed by atoms with van der Waals surface area (Å²) in [6.45, 7) is 9.05. The molecule has 1 atom stereocenters. The third-order valence-corrected chi connectivity index (χ3v) is 6.55. The van der Waals surface area contributed by atoms with Crippen LogP contribution in [-0.2, 0) is 20.9 Å². The second-order valence-corrected chi connectivity index (χ2v) is 9.59. The van der Waals surface area contributed by atoms with E-state index in [0.717, 1.165) is 5.52 Å². The monoisotopic (exact) mass is 525 g/mol. The number of hydrogen-bond acceptors (Lipinski definition) is 7. The zero-order valence-electron chi connectivity index (χ0n) is 23.2. The first-order chi connectivity index (χ1) is 18.3. The third-order valence-electron chi connectivity index (χ3n) is 6.55. The highest BCUT2D eigenvalue weighted by Crippen LogP contribution is 2.38. The van der Waals surface area contributed by atoms with E-state index in [9.17, 15) is 9.59 Å². The molecule has 0 fully saturated rings. The SMILES string of the molecule is CCOCCCN(C(=O)Cn1nnc2ccccc21)C(C(=O)NC(C)(C)CC)c1cccc(OC)c1OC. The minimum absolute atomic E-state index is 0.0810. The van der Waals surface area contributed by atoms with Crippen LogP contribution in [0, 0.1) is 0 Å². The normalized spacial score (nSPS) is 12.3. The molecule has 10 heteroatoms. The van der Waals surface area contributed by atoms with Crippen molar-refractivity contribution in [2.75, 3.05) is 34.0 Å². The molecular weight excluding hydrogens is 486 g/mol. The standard InChI is InChI=1S/C28H39N5O5/c1-7-28(3,4)29-27(35)25(20-13-11-16-23(36-5)26(20)37-6)32(17-12-18-38-8-2)24(34)19-33-22-15-10-9-14-21(22)30-31-33/h9-11,13-16,25H,7-8,12,17-19H2,1-6H3,(H,29,35). The maximum absolute atomic E-state index is 14.0. The molecule has 206 valence electrons. The maximum atomic E-state index is 14.0. The van der Waals surface area contributed by atoms with E-state index in [1.54, 1.807) is 27.8 Å². The van der Waals surface area contributed by atoms with Crippen LogP contribution in [0.15, 0.2) is 42.5 Å². The number of aromatic nitrogens is 3. The summed E-state index contributed by atoms with van der Waals surface area (Å²) < 4.78 is 18.3. The van der Waals surface area contributed by atoms with Crippen molar-refractivity contribution in [3.8, 4) is 11.5 Å². The van der Waals surface area contributed by atoms with Crippen molar-refractivity contribution in [1.29, 1.82) is 0 Å². The predicted molar refractivity (Wildman–Crippen MR) is 145 cm³/mol. The van der Waals surface area contributed by atoms with Crippen LogP contribution < -0.4 is 14.8 Å². The van der Waals surface area contributed by atoms with Crippen LogP contribution in [0.5, 0.6) is 11.5 Å². The summed E-state index contributed by atoms with van der Waals surface area (Å²) in [6.07, 6.45) is 1.26. The van der Waals surface area contributed by atoms with E-state index < -0.39 is 11.6 Å². The number of methoxy groups -OCH3 is 2. The first kappa shape index (κ1) is 28.9. The van der Waals surface area contributed by atoms with Gasteiger partial charge in [-0.25, -0.2) is 4.68 Å². The quantitative estimate of drug-likeness (QED) is 0.319. The van der Waals surface area contributed by atoms with Gasteiger partial charge in [0.05, 0.1) is 19.7 Å². The Morgan fingerprint density at radius 2 is 1.84 bits per heavy atom. The maximum Gasteiger partial charge on any atom is 0.248 e. The van der Waals surface area contributed by atoms with Crippen LogP contribution in [0.2, 0.25) is 0 Å². The van der Waals surface area contributed by atoms with E-state index in [2.05, 4.69) is 15.6 Å². The van der Waals surface area contributed by atoms with E-state index in [-0.39, 0.29) is 24.9 Å². The molecule has 0 bridgehead atoms. The summed E-state index contributed by atoms with van der Waals surface area (Å²) in [5.74, 6) is 0.285. The lowest BCUT2D eigenvalue weighted by atomic mass is 9.97. The lowest BCUT2D eigenvalue weighted by Gasteiger charge is -2.35. The number of nitrogens with one attached hydrogen (secondary N) is 1. The molecule has 1 N–H and O–H groups in total. The number of amides is 2. The topological polar surface area (TPSA) is 108 Å². The van der Waals surface area contributed by atoms with Gasteiger partial charge in [0.25, 0.3) is 0 Å². The Morgan fingerprint density at radius 1 is 1.08 bits per heavy atom. The first-order valence-corrected chi connectivity index (χ1v) is 12.9. The molecule has 10 nitrogen and oxygen atoms in total. The summed E-state index contributed by atoms with van der Waals surface area (Å²) in [5, 5.41) is 11.5. The van der Waals surface area contributed by atoms with Crippen molar-refractivity contribution in [2.24, 2.45) is 0 Å². The fraction of sp³-hybridized carbons (Fsp3) is 0.500. The Morgan fingerprint density at radius 3 is 2.53 bits per heavy atom. The van der Waals surface area contributed by atoms with Crippen LogP contribution in [0.25, 0.3) is 11.0 Å². The van der Waals surface area contributed by atoms with Gasteiger partial charge in [-0.1, -0.05) is 36.4 Å². The number of para-hydroxylation sites is 2. The van der Waals surface area contributed by atoms with Gasteiger partial charge in [0.1, 0.15) is 18.1 Å². The van der Waals surface area contributed by atoms with Gasteiger partial charge in [-0.3, -0.25) is 9.59 Å². The van der Waals surface area contributed by atoms with Gasteiger partial charge >= 0.3 is 0 Å². The summed E-state index contributed by atoms with van der Waals surface area (Å²) >= 11 is 0. The number of fused-ring (bicyclic) bond motifs is 1. The molecule has 0 radical (unpaired) electrons. The zero-order chi connectivity index (χ0) is 27.7. The van der Waals surface area contributed by atoms with Crippen molar-refractivity contribution in [3.05, 3.63) is 48.0 Å². The van der Waals surface area contributed by atoms with Crippen LogP contribution in [-0.4, -0.2) is 71.2 Å². The van der Waals surface area contributed by atoms with Crippen molar-refractivity contribution >= 4 is 22.8 Å². The molecule has 38 heavy (non-hydrogen) atoms. The lowest BCUT2D eigenvalue weighted by Crippen LogP contribution is -2.51. The molecule has 2 amide bonds. The number of carbonyl (C=O) groups is 2. The summed E-state index contributed by atoms with van der Waals surface area (Å²) in [6, 6.07) is 11.8. The van der Waals surface area contributed by atoms with Gasteiger partial charge in [-0.2, -0.15) is 0 Å². The number of hydrogen-bond donors (Lipinski definition) is 1. The van der Waals surface area contributed by atoms with Crippen molar-refractivity contribution in [3.63, 3.8) is 0 Å². The second kappa shape index (κ2) is 13.2. The number of rotatable bonds is 14. The van der Waals surface area contributed by atoms with Crippen LogP contribution >= 0.6 is 0 Å². The molecule has 3 aromatic rings. The highest BCUT2D eigenvalue weighted by atomic mass is 16.5. The zero-order valence-corrected chi connectivity index (χ0v) is 23.2. The number of benzene rings is 2. The Hall–Kier alpha value is -3.66. The fourth-order valence-corrected chi connectivity index (χ4v) is 4.20. The Bertz CT molecular complexity index is 1230. The Kier molecular flexibility index (Phi) is 10.1. The highest BCUT2D eigenvalue weighted by molar-refractivity contribution is 5.90. The molecule has 1 aromatic heterocycles. The fourth-order valence-electron chi connectivity index (χ4n) is 4.20.